The molecule has 0 radical (unpaired) electrons. The highest BCUT2D eigenvalue weighted by atomic mass is 16.5. The Morgan fingerprint density at radius 2 is 2.19 bits per heavy atom. The number of ether oxygens (including phenoxy) is 2. The molecule has 0 bridgehead atoms. The SMILES string of the molecule is COC(=O)Nc1cccc(OCC(=O)[O-])c1. The first kappa shape index (κ1) is 11.8. The molecular formula is C10H10NO5-. The molecule has 0 aliphatic heterocycles. The zero-order chi connectivity index (χ0) is 12.0. The Hall–Kier alpha value is -2.24. The minimum atomic E-state index is -1.31. The van der Waals surface area contributed by atoms with Gasteiger partial charge >= 0.3 is 6.09 Å². The second-order valence-electron chi connectivity index (χ2n) is 2.81. The van der Waals surface area contributed by atoms with Gasteiger partial charge in [-0.3, -0.25) is 5.32 Å². The van der Waals surface area contributed by atoms with Crippen LogP contribution in [0.1, 0.15) is 0 Å². The molecule has 0 aromatic heterocycles. The molecule has 1 N–H and O–H groups in total. The van der Waals surface area contributed by atoms with Crippen molar-refractivity contribution in [2.45, 2.75) is 0 Å². The third kappa shape index (κ3) is 3.87. The smallest absolute Gasteiger partial charge is 0.411 e. The van der Waals surface area contributed by atoms with Crippen molar-refractivity contribution in [2.75, 3.05) is 19.0 Å². The van der Waals surface area contributed by atoms with Crippen LogP contribution in [0.3, 0.4) is 0 Å². The fourth-order valence-electron chi connectivity index (χ4n) is 0.975. The molecule has 0 aliphatic rings. The van der Waals surface area contributed by atoms with Gasteiger partial charge in [-0.2, -0.15) is 0 Å². The van der Waals surface area contributed by atoms with Gasteiger partial charge in [-0.15, -0.1) is 0 Å². The van der Waals surface area contributed by atoms with Crippen LogP contribution in [0.4, 0.5) is 10.5 Å². The van der Waals surface area contributed by atoms with Gasteiger partial charge in [0, 0.05) is 11.8 Å². The Labute approximate surface area is 91.8 Å². The van der Waals surface area contributed by atoms with Crippen LogP contribution in [-0.2, 0) is 9.53 Å². The van der Waals surface area contributed by atoms with Crippen LogP contribution in [0.5, 0.6) is 5.75 Å². The van der Waals surface area contributed by atoms with Crippen molar-refractivity contribution in [2.24, 2.45) is 0 Å². The molecule has 1 aromatic carbocycles. The Morgan fingerprint density at radius 3 is 2.81 bits per heavy atom. The van der Waals surface area contributed by atoms with Crippen LogP contribution in [0.2, 0.25) is 0 Å². The lowest BCUT2D eigenvalue weighted by atomic mass is 10.3. The summed E-state index contributed by atoms with van der Waals surface area (Å²) >= 11 is 0. The summed E-state index contributed by atoms with van der Waals surface area (Å²) in [5.74, 6) is -0.996. The second-order valence-corrected chi connectivity index (χ2v) is 2.81. The Kier molecular flexibility index (Phi) is 4.14. The molecule has 6 nitrogen and oxygen atoms in total. The van der Waals surface area contributed by atoms with Crippen LogP contribution >= 0.6 is 0 Å². The number of hydrogen-bond donors (Lipinski definition) is 1. The van der Waals surface area contributed by atoms with Crippen molar-refractivity contribution in [1.29, 1.82) is 0 Å². The monoisotopic (exact) mass is 224 g/mol. The lowest BCUT2D eigenvalue weighted by Gasteiger charge is -2.08. The third-order valence-corrected chi connectivity index (χ3v) is 1.62. The van der Waals surface area contributed by atoms with Crippen molar-refractivity contribution < 1.29 is 24.2 Å². The topological polar surface area (TPSA) is 87.7 Å². The van der Waals surface area contributed by atoms with Crippen LogP contribution in [0, 0.1) is 0 Å². The molecule has 0 atom stereocenters. The summed E-state index contributed by atoms with van der Waals surface area (Å²) in [5, 5.41) is 12.6. The number of benzene rings is 1. The van der Waals surface area contributed by atoms with E-state index in [2.05, 4.69) is 10.1 Å². The van der Waals surface area contributed by atoms with Gasteiger partial charge in [-0.05, 0) is 12.1 Å². The van der Waals surface area contributed by atoms with E-state index in [1.807, 2.05) is 0 Å². The lowest BCUT2D eigenvalue weighted by molar-refractivity contribution is -0.307. The largest absolute Gasteiger partial charge is 0.546 e. The van der Waals surface area contributed by atoms with Gasteiger partial charge in [-0.25, -0.2) is 4.79 Å². The minimum absolute atomic E-state index is 0.318. The summed E-state index contributed by atoms with van der Waals surface area (Å²) in [6, 6.07) is 6.25. The fraction of sp³-hybridized carbons (Fsp3) is 0.200. The van der Waals surface area contributed by atoms with E-state index >= 15 is 0 Å². The number of nitrogens with one attached hydrogen (secondary N) is 1. The zero-order valence-electron chi connectivity index (χ0n) is 8.56. The fourth-order valence-corrected chi connectivity index (χ4v) is 0.975. The van der Waals surface area contributed by atoms with Gasteiger partial charge in [0.25, 0.3) is 0 Å². The molecule has 0 aliphatic carbocycles. The first-order valence-corrected chi connectivity index (χ1v) is 4.39. The van der Waals surface area contributed by atoms with Crippen LogP contribution in [0.15, 0.2) is 24.3 Å². The Morgan fingerprint density at radius 1 is 1.44 bits per heavy atom. The molecular weight excluding hydrogens is 214 g/mol. The summed E-state index contributed by atoms with van der Waals surface area (Å²) in [4.78, 5) is 21.0. The summed E-state index contributed by atoms with van der Waals surface area (Å²) in [6.07, 6.45) is -0.614. The van der Waals surface area contributed by atoms with Gasteiger partial charge in [0.1, 0.15) is 12.4 Å². The predicted molar refractivity (Wildman–Crippen MR) is 53.0 cm³/mol. The van der Waals surface area contributed by atoms with E-state index in [1.54, 1.807) is 18.2 Å². The molecule has 6 heteroatoms. The molecule has 86 valence electrons. The molecule has 0 saturated carbocycles. The van der Waals surface area contributed by atoms with Gasteiger partial charge in [0.2, 0.25) is 0 Å². The van der Waals surface area contributed by atoms with Crippen LogP contribution < -0.4 is 15.2 Å². The number of aliphatic carboxylic acids is 1. The normalized spacial score (nSPS) is 9.31. The number of carboxylic acid groups (broad SMARTS) is 1. The summed E-state index contributed by atoms with van der Waals surface area (Å²) in [5.41, 5.74) is 0.447. The van der Waals surface area contributed by atoms with E-state index in [1.165, 1.54) is 13.2 Å². The average molecular weight is 224 g/mol. The highest BCUT2D eigenvalue weighted by Gasteiger charge is 2.01. The van der Waals surface area contributed by atoms with E-state index in [4.69, 9.17) is 4.74 Å². The lowest BCUT2D eigenvalue weighted by Crippen LogP contribution is -2.28. The number of carbonyl (C=O) groups excluding carboxylic acids is 2. The first-order valence-electron chi connectivity index (χ1n) is 4.39. The Balaban J connectivity index is 2.63. The maximum absolute atomic E-state index is 10.9. The standard InChI is InChI=1S/C10H11NO5/c1-15-10(14)11-7-3-2-4-8(5-7)16-6-9(12)13/h2-5H,6H2,1H3,(H,11,14)(H,12,13)/p-1. The van der Waals surface area contributed by atoms with E-state index in [-0.39, 0.29) is 0 Å². The molecule has 0 fully saturated rings. The molecule has 0 heterocycles. The van der Waals surface area contributed by atoms with E-state index in [0.717, 1.165) is 0 Å². The third-order valence-electron chi connectivity index (χ3n) is 1.62. The van der Waals surface area contributed by atoms with Crippen molar-refractivity contribution in [1.82, 2.24) is 0 Å². The average Bonchev–Trinajstić information content (AvgIpc) is 2.26. The quantitative estimate of drug-likeness (QED) is 0.777. The molecule has 0 saturated heterocycles. The van der Waals surface area contributed by atoms with Crippen LogP contribution in [0.25, 0.3) is 0 Å². The van der Waals surface area contributed by atoms with Gasteiger partial charge in [0.05, 0.1) is 13.1 Å². The first-order chi connectivity index (χ1) is 7.61. The predicted octanol–water partition coefficient (Wildman–Crippen LogP) is -0.00640. The van der Waals surface area contributed by atoms with E-state index in [0.29, 0.717) is 11.4 Å². The number of rotatable bonds is 4. The molecule has 16 heavy (non-hydrogen) atoms. The maximum atomic E-state index is 10.9. The number of carbonyl (C=O) groups is 2. The number of hydrogen-bond acceptors (Lipinski definition) is 5. The molecule has 1 amide bonds. The minimum Gasteiger partial charge on any atom is -0.546 e. The van der Waals surface area contributed by atoms with E-state index < -0.39 is 18.7 Å². The maximum Gasteiger partial charge on any atom is 0.411 e. The number of anilines is 1. The molecule has 0 unspecified atom stereocenters. The Bertz CT molecular complexity index is 391. The summed E-state index contributed by atoms with van der Waals surface area (Å²) in [6.45, 7) is -0.540. The second kappa shape index (κ2) is 5.59. The highest BCUT2D eigenvalue weighted by Crippen LogP contribution is 2.17. The van der Waals surface area contributed by atoms with E-state index in [9.17, 15) is 14.7 Å². The summed E-state index contributed by atoms with van der Waals surface area (Å²) in [7, 11) is 1.24. The zero-order valence-corrected chi connectivity index (χ0v) is 8.56. The van der Waals surface area contributed by atoms with Crippen LogP contribution in [-0.4, -0.2) is 25.8 Å². The molecule has 1 aromatic rings. The molecule has 1 rings (SSSR count). The number of carboxylic acids is 1. The van der Waals surface area contributed by atoms with Gasteiger partial charge < -0.3 is 19.4 Å². The van der Waals surface area contributed by atoms with Crippen molar-refractivity contribution >= 4 is 17.7 Å². The summed E-state index contributed by atoms with van der Waals surface area (Å²) < 4.78 is 9.27. The van der Waals surface area contributed by atoms with Gasteiger partial charge in [-0.1, -0.05) is 6.07 Å². The highest BCUT2D eigenvalue weighted by molar-refractivity contribution is 5.84. The van der Waals surface area contributed by atoms with Crippen molar-refractivity contribution in [3.63, 3.8) is 0 Å². The number of amides is 1. The van der Waals surface area contributed by atoms with Crippen molar-refractivity contribution in [3.8, 4) is 5.75 Å². The molecule has 0 spiro atoms. The van der Waals surface area contributed by atoms with Gasteiger partial charge in [0.15, 0.2) is 0 Å². The van der Waals surface area contributed by atoms with Crippen molar-refractivity contribution in [3.05, 3.63) is 24.3 Å². The number of methoxy groups -OCH3 is 1.